The van der Waals surface area contributed by atoms with Gasteiger partial charge in [0.05, 0.1) is 16.7 Å². The predicted octanol–water partition coefficient (Wildman–Crippen LogP) is 2.28. The van der Waals surface area contributed by atoms with Gasteiger partial charge in [0.1, 0.15) is 0 Å². The zero-order valence-electron chi connectivity index (χ0n) is 13.4. The van der Waals surface area contributed by atoms with Crippen LogP contribution in [0.1, 0.15) is 32.4 Å². The highest BCUT2D eigenvalue weighted by atomic mass is 32.2. The van der Waals surface area contributed by atoms with Crippen molar-refractivity contribution in [1.82, 2.24) is 14.8 Å². The molecule has 23 heavy (non-hydrogen) atoms. The second-order valence-corrected chi connectivity index (χ2v) is 9.75. The molecule has 0 unspecified atom stereocenters. The summed E-state index contributed by atoms with van der Waals surface area (Å²) in [7, 11) is -3.39. The van der Waals surface area contributed by atoms with Crippen LogP contribution >= 0.6 is 11.8 Å². The third-order valence-corrected chi connectivity index (χ3v) is 6.85. The topological polar surface area (TPSA) is 90.9 Å². The monoisotopic (exact) mass is 352 g/mol. The van der Waals surface area contributed by atoms with Crippen LogP contribution in [0.3, 0.4) is 0 Å². The maximum atomic E-state index is 12.7. The highest BCUT2D eigenvalue weighted by molar-refractivity contribution is 7.99. The lowest BCUT2D eigenvalue weighted by Crippen LogP contribution is -2.21. The van der Waals surface area contributed by atoms with Gasteiger partial charge < -0.3 is 5.73 Å². The second kappa shape index (κ2) is 5.52. The Kier molecular flexibility index (Phi) is 3.92. The minimum Gasteiger partial charge on any atom is -0.368 e. The van der Waals surface area contributed by atoms with Crippen LogP contribution in [0, 0.1) is 0 Å². The number of thioether (sulfide) groups is 1. The molecular formula is C15H20N4O2S2. The van der Waals surface area contributed by atoms with Crippen molar-refractivity contribution in [3.63, 3.8) is 0 Å². The highest BCUT2D eigenvalue weighted by Crippen LogP contribution is 2.35. The number of nitrogens with zero attached hydrogens (tertiary/aromatic N) is 3. The maximum absolute atomic E-state index is 12.7. The predicted molar refractivity (Wildman–Crippen MR) is 91.4 cm³/mol. The van der Waals surface area contributed by atoms with Crippen molar-refractivity contribution in [2.75, 3.05) is 17.2 Å². The molecule has 2 heterocycles. The van der Waals surface area contributed by atoms with Crippen molar-refractivity contribution in [3.8, 4) is 0 Å². The molecule has 0 radical (unpaired) electrons. The molecule has 0 spiro atoms. The SMILES string of the molecule is CC(C)(C)c1ccc(S(=O)(=O)C[C@H]2CSc3nnc(N)n32)cc1. The molecule has 0 saturated heterocycles. The lowest BCUT2D eigenvalue weighted by Gasteiger charge is -2.19. The molecule has 1 aromatic heterocycles. The molecule has 0 amide bonds. The lowest BCUT2D eigenvalue weighted by molar-refractivity contribution is 0.554. The number of nitrogens with two attached hydrogens (primary N) is 1. The summed E-state index contributed by atoms with van der Waals surface area (Å²) in [5.41, 5.74) is 6.89. The van der Waals surface area contributed by atoms with Gasteiger partial charge in [-0.05, 0) is 23.1 Å². The molecule has 0 bridgehead atoms. The van der Waals surface area contributed by atoms with E-state index in [-0.39, 0.29) is 23.2 Å². The van der Waals surface area contributed by atoms with E-state index in [9.17, 15) is 8.42 Å². The fourth-order valence-electron chi connectivity index (χ4n) is 2.61. The second-order valence-electron chi connectivity index (χ2n) is 6.73. The molecular weight excluding hydrogens is 332 g/mol. The third kappa shape index (κ3) is 3.10. The minimum absolute atomic E-state index is 0.00375. The van der Waals surface area contributed by atoms with Crippen LogP contribution in [0.2, 0.25) is 0 Å². The third-order valence-electron chi connectivity index (χ3n) is 3.95. The average Bonchev–Trinajstić information content (AvgIpc) is 3.02. The molecule has 2 aromatic rings. The molecule has 1 atom stereocenters. The summed E-state index contributed by atoms with van der Waals surface area (Å²) >= 11 is 1.48. The molecule has 1 aliphatic heterocycles. The smallest absolute Gasteiger partial charge is 0.223 e. The Hall–Kier alpha value is -1.54. The van der Waals surface area contributed by atoms with Crippen LogP contribution in [0.5, 0.6) is 0 Å². The molecule has 0 saturated carbocycles. The Labute approximate surface area is 140 Å². The lowest BCUT2D eigenvalue weighted by atomic mass is 9.87. The van der Waals surface area contributed by atoms with Crippen LogP contribution in [-0.2, 0) is 15.3 Å². The quantitative estimate of drug-likeness (QED) is 0.911. The van der Waals surface area contributed by atoms with Gasteiger partial charge in [-0.15, -0.1) is 10.2 Å². The molecule has 1 aromatic carbocycles. The first kappa shape index (κ1) is 16.3. The minimum atomic E-state index is -3.39. The van der Waals surface area contributed by atoms with E-state index in [1.165, 1.54) is 11.8 Å². The number of nitrogen functional groups attached to an aromatic ring is 1. The number of hydrogen-bond acceptors (Lipinski definition) is 6. The Balaban J connectivity index is 1.84. The number of fused-ring (bicyclic) bond motifs is 1. The molecule has 0 fully saturated rings. The van der Waals surface area contributed by atoms with E-state index in [4.69, 9.17) is 5.73 Å². The first-order valence-electron chi connectivity index (χ1n) is 7.35. The summed E-state index contributed by atoms with van der Waals surface area (Å²) < 4.78 is 27.1. The standard InChI is InChI=1S/C15H20N4O2S2/c1-15(2,3)10-4-6-12(7-5-10)23(20,21)9-11-8-22-14-18-17-13(16)19(11)14/h4-7,11H,8-9H2,1-3H3,(H2,16,17)/t11-/m1/s1. The molecule has 124 valence electrons. The van der Waals surface area contributed by atoms with Crippen LogP contribution in [0.15, 0.2) is 34.3 Å². The Bertz CT molecular complexity index is 820. The van der Waals surface area contributed by atoms with E-state index in [1.807, 2.05) is 12.1 Å². The van der Waals surface area contributed by atoms with Crippen molar-refractivity contribution < 1.29 is 8.42 Å². The van der Waals surface area contributed by atoms with Crippen LogP contribution < -0.4 is 5.73 Å². The number of anilines is 1. The number of rotatable bonds is 3. The Morgan fingerprint density at radius 3 is 2.52 bits per heavy atom. The molecule has 1 aliphatic rings. The number of sulfone groups is 1. The van der Waals surface area contributed by atoms with Gasteiger partial charge in [0, 0.05) is 5.75 Å². The van der Waals surface area contributed by atoms with E-state index in [2.05, 4.69) is 31.0 Å². The summed E-state index contributed by atoms with van der Waals surface area (Å²) in [6.07, 6.45) is 0. The zero-order chi connectivity index (χ0) is 16.8. The van der Waals surface area contributed by atoms with Gasteiger partial charge in [-0.1, -0.05) is 44.7 Å². The van der Waals surface area contributed by atoms with E-state index in [1.54, 1.807) is 16.7 Å². The fourth-order valence-corrected chi connectivity index (χ4v) is 5.36. The first-order chi connectivity index (χ1) is 10.7. The van der Waals surface area contributed by atoms with E-state index in [0.29, 0.717) is 15.8 Å². The van der Waals surface area contributed by atoms with Crippen molar-refractivity contribution >= 4 is 27.5 Å². The molecule has 3 rings (SSSR count). The summed E-state index contributed by atoms with van der Waals surface area (Å²) in [5.74, 6) is 0.923. The van der Waals surface area contributed by atoms with E-state index in [0.717, 1.165) is 5.56 Å². The van der Waals surface area contributed by atoms with Crippen molar-refractivity contribution in [3.05, 3.63) is 29.8 Å². The van der Waals surface area contributed by atoms with E-state index >= 15 is 0 Å². The van der Waals surface area contributed by atoms with Gasteiger partial charge >= 0.3 is 0 Å². The highest BCUT2D eigenvalue weighted by Gasteiger charge is 2.31. The molecule has 6 nitrogen and oxygen atoms in total. The fraction of sp³-hybridized carbons (Fsp3) is 0.467. The van der Waals surface area contributed by atoms with E-state index < -0.39 is 9.84 Å². The molecule has 8 heteroatoms. The van der Waals surface area contributed by atoms with Crippen molar-refractivity contribution in [2.45, 2.75) is 42.3 Å². The number of hydrogen-bond donors (Lipinski definition) is 1. The summed E-state index contributed by atoms with van der Waals surface area (Å²) in [4.78, 5) is 0.343. The first-order valence-corrected chi connectivity index (χ1v) is 9.99. The van der Waals surface area contributed by atoms with Crippen LogP contribution in [0.25, 0.3) is 0 Å². The summed E-state index contributed by atoms with van der Waals surface area (Å²) in [6, 6.07) is 6.92. The number of benzene rings is 1. The molecule has 2 N–H and O–H groups in total. The van der Waals surface area contributed by atoms with Crippen LogP contribution in [0.4, 0.5) is 5.95 Å². The summed E-state index contributed by atoms with van der Waals surface area (Å²) in [5, 5.41) is 8.43. The molecule has 0 aliphatic carbocycles. The van der Waals surface area contributed by atoms with Crippen molar-refractivity contribution in [1.29, 1.82) is 0 Å². The normalized spacial score (nSPS) is 18.1. The van der Waals surface area contributed by atoms with Crippen LogP contribution in [-0.4, -0.2) is 34.7 Å². The van der Waals surface area contributed by atoms with Crippen molar-refractivity contribution in [2.24, 2.45) is 0 Å². The average molecular weight is 352 g/mol. The van der Waals surface area contributed by atoms with Gasteiger partial charge in [-0.2, -0.15) is 0 Å². The number of aromatic nitrogens is 3. The van der Waals surface area contributed by atoms with Gasteiger partial charge in [0.2, 0.25) is 5.95 Å². The zero-order valence-corrected chi connectivity index (χ0v) is 15.0. The van der Waals surface area contributed by atoms with Gasteiger partial charge in [0.25, 0.3) is 0 Å². The van der Waals surface area contributed by atoms with Gasteiger partial charge in [0.15, 0.2) is 15.0 Å². The van der Waals surface area contributed by atoms with Gasteiger partial charge in [-0.25, -0.2) is 8.42 Å². The Morgan fingerprint density at radius 2 is 1.91 bits per heavy atom. The summed E-state index contributed by atoms with van der Waals surface area (Å²) in [6.45, 7) is 6.30. The van der Waals surface area contributed by atoms with Gasteiger partial charge in [-0.3, -0.25) is 4.57 Å². The Morgan fingerprint density at radius 1 is 1.26 bits per heavy atom. The largest absolute Gasteiger partial charge is 0.368 e. The maximum Gasteiger partial charge on any atom is 0.223 e.